The number of nitrogens with zero attached hydrogens (tertiary/aromatic N) is 2. The fourth-order valence-corrected chi connectivity index (χ4v) is 2.52. The Labute approximate surface area is 86.8 Å². The van der Waals surface area contributed by atoms with Crippen molar-refractivity contribution < 1.29 is 10.2 Å². The number of hydrogen-bond acceptors (Lipinski definition) is 5. The SMILES string of the molecule is CCC1CN(c2nc(O)cs2)CC1O. The molecular weight excluding hydrogens is 200 g/mol. The van der Waals surface area contributed by atoms with Crippen molar-refractivity contribution in [2.24, 2.45) is 5.92 Å². The molecule has 1 aromatic heterocycles. The van der Waals surface area contributed by atoms with E-state index in [1.807, 2.05) is 4.90 Å². The molecule has 1 aromatic rings. The standard InChI is InChI=1S/C9H14N2O2S/c1-2-6-3-11(4-7(6)12)9-10-8(13)5-14-9/h5-7,12-13H,2-4H2,1H3. The minimum absolute atomic E-state index is 0.0689. The fourth-order valence-electron chi connectivity index (χ4n) is 1.81. The van der Waals surface area contributed by atoms with Crippen molar-refractivity contribution in [3.8, 4) is 5.88 Å². The van der Waals surface area contributed by atoms with Crippen LogP contribution in [0.15, 0.2) is 5.38 Å². The number of β-amino-alcohol motifs (C(OH)–C–C–N with tert-alkyl or cyclic N) is 1. The highest BCUT2D eigenvalue weighted by molar-refractivity contribution is 7.13. The first-order valence-electron chi connectivity index (χ1n) is 4.78. The van der Waals surface area contributed by atoms with Crippen LogP contribution in [0.25, 0.3) is 0 Å². The van der Waals surface area contributed by atoms with Gasteiger partial charge < -0.3 is 15.1 Å². The number of aromatic nitrogens is 1. The van der Waals surface area contributed by atoms with Crippen LogP contribution < -0.4 is 4.90 Å². The lowest BCUT2D eigenvalue weighted by Gasteiger charge is -2.13. The lowest BCUT2D eigenvalue weighted by Crippen LogP contribution is -2.20. The van der Waals surface area contributed by atoms with Gasteiger partial charge in [0, 0.05) is 19.0 Å². The van der Waals surface area contributed by atoms with E-state index in [0.29, 0.717) is 12.5 Å². The number of aliphatic hydroxyl groups is 1. The quantitative estimate of drug-likeness (QED) is 0.773. The largest absolute Gasteiger partial charge is 0.493 e. The summed E-state index contributed by atoms with van der Waals surface area (Å²) in [5, 5.41) is 21.2. The first kappa shape index (κ1) is 9.73. The Hall–Kier alpha value is -0.810. The topological polar surface area (TPSA) is 56.6 Å². The zero-order valence-electron chi connectivity index (χ0n) is 8.05. The van der Waals surface area contributed by atoms with Crippen molar-refractivity contribution >= 4 is 16.5 Å². The number of aromatic hydroxyl groups is 1. The van der Waals surface area contributed by atoms with Crippen molar-refractivity contribution in [3.63, 3.8) is 0 Å². The minimum atomic E-state index is -0.258. The first-order chi connectivity index (χ1) is 6.70. The number of hydrogen-bond donors (Lipinski definition) is 2. The first-order valence-corrected chi connectivity index (χ1v) is 5.66. The van der Waals surface area contributed by atoms with E-state index in [2.05, 4.69) is 11.9 Å². The molecule has 4 nitrogen and oxygen atoms in total. The van der Waals surface area contributed by atoms with Crippen LogP contribution in [0.1, 0.15) is 13.3 Å². The van der Waals surface area contributed by atoms with E-state index in [1.165, 1.54) is 11.3 Å². The maximum absolute atomic E-state index is 9.70. The Morgan fingerprint density at radius 3 is 2.93 bits per heavy atom. The van der Waals surface area contributed by atoms with Crippen molar-refractivity contribution in [2.45, 2.75) is 19.4 Å². The van der Waals surface area contributed by atoms with Crippen LogP contribution in [-0.2, 0) is 0 Å². The molecule has 0 spiro atoms. The second-order valence-electron chi connectivity index (χ2n) is 3.63. The maximum Gasteiger partial charge on any atom is 0.223 e. The highest BCUT2D eigenvalue weighted by Crippen LogP contribution is 2.30. The van der Waals surface area contributed by atoms with Crippen LogP contribution in [0.3, 0.4) is 0 Å². The van der Waals surface area contributed by atoms with Gasteiger partial charge in [-0.05, 0) is 6.42 Å². The van der Waals surface area contributed by atoms with Crippen LogP contribution >= 0.6 is 11.3 Å². The highest BCUT2D eigenvalue weighted by Gasteiger charge is 2.31. The summed E-state index contributed by atoms with van der Waals surface area (Å²) >= 11 is 1.42. The van der Waals surface area contributed by atoms with E-state index in [9.17, 15) is 5.11 Å². The summed E-state index contributed by atoms with van der Waals surface area (Å²) in [4.78, 5) is 6.02. The number of aliphatic hydroxyl groups excluding tert-OH is 1. The Morgan fingerprint density at radius 2 is 2.43 bits per heavy atom. The molecule has 1 fully saturated rings. The van der Waals surface area contributed by atoms with Gasteiger partial charge in [0.05, 0.1) is 11.5 Å². The van der Waals surface area contributed by atoms with E-state index >= 15 is 0 Å². The average Bonchev–Trinajstić information content (AvgIpc) is 2.71. The molecule has 2 unspecified atom stereocenters. The minimum Gasteiger partial charge on any atom is -0.493 e. The summed E-state index contributed by atoms with van der Waals surface area (Å²) in [6, 6.07) is 0. The Bertz CT molecular complexity index is 316. The van der Waals surface area contributed by atoms with E-state index in [-0.39, 0.29) is 12.0 Å². The van der Waals surface area contributed by atoms with Gasteiger partial charge in [0.15, 0.2) is 5.13 Å². The second-order valence-corrected chi connectivity index (χ2v) is 4.47. The van der Waals surface area contributed by atoms with Crippen molar-refractivity contribution in [2.75, 3.05) is 18.0 Å². The van der Waals surface area contributed by atoms with Crippen LogP contribution in [0.4, 0.5) is 5.13 Å². The van der Waals surface area contributed by atoms with Gasteiger partial charge in [0.1, 0.15) is 0 Å². The molecule has 1 saturated heterocycles. The van der Waals surface area contributed by atoms with Crippen LogP contribution in [-0.4, -0.2) is 34.4 Å². The molecule has 0 bridgehead atoms. The summed E-state index contributed by atoms with van der Waals surface area (Å²) in [7, 11) is 0. The smallest absolute Gasteiger partial charge is 0.223 e. The summed E-state index contributed by atoms with van der Waals surface area (Å²) in [5.74, 6) is 0.403. The molecule has 5 heteroatoms. The molecular formula is C9H14N2O2S. The van der Waals surface area contributed by atoms with Gasteiger partial charge in [-0.1, -0.05) is 6.92 Å². The predicted octanol–water partition coefficient (Wildman–Crippen LogP) is 1.06. The molecule has 0 aromatic carbocycles. The van der Waals surface area contributed by atoms with Crippen LogP contribution in [0.2, 0.25) is 0 Å². The Morgan fingerprint density at radius 1 is 1.64 bits per heavy atom. The maximum atomic E-state index is 9.70. The molecule has 0 radical (unpaired) electrons. The molecule has 2 rings (SSSR count). The van der Waals surface area contributed by atoms with Gasteiger partial charge in [-0.15, -0.1) is 11.3 Å². The van der Waals surface area contributed by atoms with E-state index in [4.69, 9.17) is 5.11 Å². The summed E-state index contributed by atoms with van der Waals surface area (Å²) in [5.41, 5.74) is 0. The number of anilines is 1. The fraction of sp³-hybridized carbons (Fsp3) is 0.667. The monoisotopic (exact) mass is 214 g/mol. The predicted molar refractivity (Wildman–Crippen MR) is 55.8 cm³/mol. The van der Waals surface area contributed by atoms with Gasteiger partial charge >= 0.3 is 0 Å². The molecule has 0 amide bonds. The Balaban J connectivity index is 2.08. The molecule has 0 aliphatic carbocycles. The molecule has 2 atom stereocenters. The van der Waals surface area contributed by atoms with Gasteiger partial charge in [0.25, 0.3) is 0 Å². The van der Waals surface area contributed by atoms with Gasteiger partial charge in [-0.25, -0.2) is 0 Å². The summed E-state index contributed by atoms with van der Waals surface area (Å²) in [6.45, 7) is 3.55. The van der Waals surface area contributed by atoms with Gasteiger partial charge in [-0.3, -0.25) is 0 Å². The third-order valence-electron chi connectivity index (χ3n) is 2.68. The summed E-state index contributed by atoms with van der Waals surface area (Å²) < 4.78 is 0. The molecule has 2 N–H and O–H groups in total. The molecule has 78 valence electrons. The third kappa shape index (κ3) is 1.69. The van der Waals surface area contributed by atoms with Crippen LogP contribution in [0.5, 0.6) is 5.88 Å². The van der Waals surface area contributed by atoms with Gasteiger partial charge in [0.2, 0.25) is 5.88 Å². The number of thiazole rings is 1. The molecule has 1 aliphatic heterocycles. The van der Waals surface area contributed by atoms with Crippen molar-refractivity contribution in [3.05, 3.63) is 5.38 Å². The molecule has 14 heavy (non-hydrogen) atoms. The Kier molecular flexibility index (Phi) is 2.60. The van der Waals surface area contributed by atoms with Crippen LogP contribution in [0, 0.1) is 5.92 Å². The van der Waals surface area contributed by atoms with E-state index in [1.54, 1.807) is 5.38 Å². The lowest BCUT2D eigenvalue weighted by molar-refractivity contribution is 0.146. The lowest BCUT2D eigenvalue weighted by atomic mass is 10.0. The molecule has 1 aliphatic rings. The zero-order chi connectivity index (χ0) is 10.1. The zero-order valence-corrected chi connectivity index (χ0v) is 8.87. The highest BCUT2D eigenvalue weighted by atomic mass is 32.1. The summed E-state index contributed by atoms with van der Waals surface area (Å²) in [6.07, 6.45) is 0.723. The average molecular weight is 214 g/mol. The number of rotatable bonds is 2. The second kappa shape index (κ2) is 3.74. The van der Waals surface area contributed by atoms with E-state index < -0.39 is 0 Å². The van der Waals surface area contributed by atoms with E-state index in [0.717, 1.165) is 18.1 Å². The van der Waals surface area contributed by atoms with Crippen molar-refractivity contribution in [1.82, 2.24) is 4.98 Å². The third-order valence-corrected chi connectivity index (χ3v) is 3.57. The molecule has 2 heterocycles. The normalized spacial score (nSPS) is 27.1. The van der Waals surface area contributed by atoms with Crippen molar-refractivity contribution in [1.29, 1.82) is 0 Å². The van der Waals surface area contributed by atoms with Gasteiger partial charge in [-0.2, -0.15) is 4.98 Å². The molecule has 0 saturated carbocycles.